The van der Waals surface area contributed by atoms with Crippen molar-refractivity contribution in [3.63, 3.8) is 0 Å². The second-order valence-corrected chi connectivity index (χ2v) is 4.63. The molecule has 0 aliphatic rings. The number of nitrogens with two attached hydrogens (primary N) is 1. The molecule has 0 saturated heterocycles. The maximum absolute atomic E-state index is 12.1. The Balaban J connectivity index is 2.74. The van der Waals surface area contributed by atoms with Crippen molar-refractivity contribution in [1.29, 1.82) is 0 Å². The van der Waals surface area contributed by atoms with Crippen molar-refractivity contribution in [1.82, 2.24) is 9.88 Å². The summed E-state index contributed by atoms with van der Waals surface area (Å²) in [6.07, 6.45) is 0. The number of nitrogen functional groups attached to an aromatic ring is 1. The number of ether oxygens (including phenoxy) is 1. The standard InChI is InChI=1S/C11H20N4O2S/c1-4-15(5-2)10(16)8-9(12)14-11(18-8)13-6-7-17-3/h4-7,12H2,1-3H3,(H,13,14). The third-order valence-electron chi connectivity index (χ3n) is 2.48. The first kappa shape index (κ1) is 14.7. The van der Waals surface area contributed by atoms with E-state index in [9.17, 15) is 4.79 Å². The lowest BCUT2D eigenvalue weighted by Crippen LogP contribution is -2.30. The lowest BCUT2D eigenvalue weighted by Gasteiger charge is -2.17. The van der Waals surface area contributed by atoms with E-state index in [4.69, 9.17) is 10.5 Å². The summed E-state index contributed by atoms with van der Waals surface area (Å²) in [6.45, 7) is 6.44. The molecule has 3 N–H and O–H groups in total. The number of amides is 1. The number of carbonyl (C=O) groups is 1. The zero-order valence-corrected chi connectivity index (χ0v) is 11.8. The van der Waals surface area contributed by atoms with E-state index in [0.29, 0.717) is 36.2 Å². The van der Waals surface area contributed by atoms with E-state index in [2.05, 4.69) is 10.3 Å². The number of anilines is 2. The molecule has 102 valence electrons. The van der Waals surface area contributed by atoms with Crippen molar-refractivity contribution >= 4 is 28.2 Å². The van der Waals surface area contributed by atoms with E-state index in [1.165, 1.54) is 11.3 Å². The minimum atomic E-state index is -0.0604. The van der Waals surface area contributed by atoms with E-state index < -0.39 is 0 Å². The maximum Gasteiger partial charge on any atom is 0.267 e. The number of carbonyl (C=O) groups excluding carboxylic acids is 1. The first-order chi connectivity index (χ1) is 8.63. The largest absolute Gasteiger partial charge is 0.383 e. The molecule has 1 rings (SSSR count). The summed E-state index contributed by atoms with van der Waals surface area (Å²) >= 11 is 1.28. The molecule has 1 heterocycles. The minimum absolute atomic E-state index is 0.0604. The van der Waals surface area contributed by atoms with Gasteiger partial charge in [0, 0.05) is 26.7 Å². The van der Waals surface area contributed by atoms with Crippen LogP contribution in [0.15, 0.2) is 0 Å². The molecule has 0 aliphatic carbocycles. The molecule has 6 nitrogen and oxygen atoms in total. The van der Waals surface area contributed by atoms with Crippen molar-refractivity contribution in [3.8, 4) is 0 Å². The second kappa shape index (κ2) is 7.17. The van der Waals surface area contributed by atoms with Gasteiger partial charge < -0.3 is 20.7 Å². The topological polar surface area (TPSA) is 80.5 Å². The highest BCUT2D eigenvalue weighted by Crippen LogP contribution is 2.26. The molecule has 0 spiro atoms. The Hall–Kier alpha value is -1.34. The molecule has 1 aromatic heterocycles. The average molecular weight is 272 g/mol. The molecule has 0 unspecified atom stereocenters. The van der Waals surface area contributed by atoms with Crippen LogP contribution in [0.25, 0.3) is 0 Å². The summed E-state index contributed by atoms with van der Waals surface area (Å²) in [5.41, 5.74) is 5.77. The molecular formula is C11H20N4O2S. The molecular weight excluding hydrogens is 252 g/mol. The van der Waals surface area contributed by atoms with Crippen LogP contribution < -0.4 is 11.1 Å². The molecule has 0 aromatic carbocycles. The molecule has 0 saturated carbocycles. The molecule has 0 aliphatic heterocycles. The van der Waals surface area contributed by atoms with Gasteiger partial charge in [-0.1, -0.05) is 11.3 Å². The van der Waals surface area contributed by atoms with E-state index in [0.717, 1.165) is 0 Å². The Labute approximate surface area is 111 Å². The lowest BCUT2D eigenvalue weighted by molar-refractivity contribution is 0.0778. The number of hydrogen-bond donors (Lipinski definition) is 2. The van der Waals surface area contributed by atoms with Gasteiger partial charge in [-0.3, -0.25) is 4.79 Å². The summed E-state index contributed by atoms with van der Waals surface area (Å²) in [5.74, 6) is 0.228. The van der Waals surface area contributed by atoms with E-state index in [1.807, 2.05) is 13.8 Å². The molecule has 7 heteroatoms. The Bertz CT molecular complexity index is 390. The van der Waals surface area contributed by atoms with Gasteiger partial charge in [-0.2, -0.15) is 0 Å². The summed E-state index contributed by atoms with van der Waals surface area (Å²) in [6, 6.07) is 0. The van der Waals surface area contributed by atoms with Crippen LogP contribution in [-0.2, 0) is 4.74 Å². The van der Waals surface area contributed by atoms with Gasteiger partial charge in [0.05, 0.1) is 6.61 Å². The van der Waals surface area contributed by atoms with E-state index >= 15 is 0 Å². The quantitative estimate of drug-likeness (QED) is 0.731. The second-order valence-electron chi connectivity index (χ2n) is 3.63. The normalized spacial score (nSPS) is 10.4. The van der Waals surface area contributed by atoms with Crippen molar-refractivity contribution < 1.29 is 9.53 Å². The van der Waals surface area contributed by atoms with Crippen LogP contribution in [0.2, 0.25) is 0 Å². The Kier molecular flexibility index (Phi) is 5.87. The SMILES string of the molecule is CCN(CC)C(=O)c1sc(NCCOC)nc1N. The zero-order valence-electron chi connectivity index (χ0n) is 11.0. The van der Waals surface area contributed by atoms with Gasteiger partial charge in [0.15, 0.2) is 5.13 Å². The van der Waals surface area contributed by atoms with Gasteiger partial charge in [0.25, 0.3) is 5.91 Å². The Morgan fingerprint density at radius 2 is 2.17 bits per heavy atom. The number of rotatable bonds is 7. The summed E-state index contributed by atoms with van der Waals surface area (Å²) in [4.78, 5) is 18.5. The van der Waals surface area contributed by atoms with Gasteiger partial charge >= 0.3 is 0 Å². The van der Waals surface area contributed by atoms with Crippen molar-refractivity contribution in [2.45, 2.75) is 13.8 Å². The third kappa shape index (κ3) is 3.58. The van der Waals surface area contributed by atoms with Crippen LogP contribution in [0.1, 0.15) is 23.5 Å². The predicted octanol–water partition coefficient (Wildman–Crippen LogP) is 1.27. The number of thiazole rings is 1. The molecule has 0 bridgehead atoms. The van der Waals surface area contributed by atoms with Crippen LogP contribution in [0, 0.1) is 0 Å². The number of nitrogens with one attached hydrogen (secondary N) is 1. The van der Waals surface area contributed by atoms with Crippen LogP contribution >= 0.6 is 11.3 Å². The maximum atomic E-state index is 12.1. The van der Waals surface area contributed by atoms with Crippen LogP contribution in [0.5, 0.6) is 0 Å². The molecule has 0 radical (unpaired) electrons. The smallest absolute Gasteiger partial charge is 0.267 e. The summed E-state index contributed by atoms with van der Waals surface area (Å²) in [7, 11) is 1.63. The Morgan fingerprint density at radius 1 is 1.50 bits per heavy atom. The molecule has 1 amide bonds. The van der Waals surface area contributed by atoms with Crippen molar-refractivity contribution in [2.24, 2.45) is 0 Å². The van der Waals surface area contributed by atoms with Gasteiger partial charge in [0.2, 0.25) is 0 Å². The highest BCUT2D eigenvalue weighted by atomic mass is 32.1. The first-order valence-electron chi connectivity index (χ1n) is 5.92. The highest BCUT2D eigenvalue weighted by Gasteiger charge is 2.20. The number of nitrogens with zero attached hydrogens (tertiary/aromatic N) is 2. The van der Waals surface area contributed by atoms with Gasteiger partial charge in [-0.25, -0.2) is 4.98 Å². The predicted molar refractivity (Wildman–Crippen MR) is 74.1 cm³/mol. The monoisotopic (exact) mass is 272 g/mol. The summed E-state index contributed by atoms with van der Waals surface area (Å²) in [5, 5.41) is 3.72. The van der Waals surface area contributed by atoms with E-state index in [-0.39, 0.29) is 11.7 Å². The fourth-order valence-electron chi connectivity index (χ4n) is 1.48. The van der Waals surface area contributed by atoms with Gasteiger partial charge in [0.1, 0.15) is 10.7 Å². The number of hydrogen-bond acceptors (Lipinski definition) is 6. The number of aromatic nitrogens is 1. The van der Waals surface area contributed by atoms with Crippen molar-refractivity contribution in [2.75, 3.05) is 44.4 Å². The van der Waals surface area contributed by atoms with Crippen molar-refractivity contribution in [3.05, 3.63) is 4.88 Å². The number of methoxy groups -OCH3 is 1. The first-order valence-corrected chi connectivity index (χ1v) is 6.74. The lowest BCUT2D eigenvalue weighted by atomic mass is 10.4. The fraction of sp³-hybridized carbons (Fsp3) is 0.636. The third-order valence-corrected chi connectivity index (χ3v) is 3.50. The fourth-order valence-corrected chi connectivity index (χ4v) is 2.35. The molecule has 1 aromatic rings. The van der Waals surface area contributed by atoms with Crippen LogP contribution in [0.3, 0.4) is 0 Å². The minimum Gasteiger partial charge on any atom is -0.383 e. The van der Waals surface area contributed by atoms with E-state index in [1.54, 1.807) is 12.0 Å². The Morgan fingerprint density at radius 3 is 2.72 bits per heavy atom. The van der Waals surface area contributed by atoms with Gasteiger partial charge in [-0.05, 0) is 13.8 Å². The van der Waals surface area contributed by atoms with Crippen LogP contribution in [-0.4, -0.2) is 49.1 Å². The molecule has 0 fully saturated rings. The molecule has 18 heavy (non-hydrogen) atoms. The molecule has 0 atom stereocenters. The van der Waals surface area contributed by atoms with Crippen LogP contribution in [0.4, 0.5) is 10.9 Å². The average Bonchev–Trinajstić information content (AvgIpc) is 2.72. The highest BCUT2D eigenvalue weighted by molar-refractivity contribution is 7.18. The summed E-state index contributed by atoms with van der Waals surface area (Å²) < 4.78 is 4.93. The van der Waals surface area contributed by atoms with Gasteiger partial charge in [-0.15, -0.1) is 0 Å². The zero-order chi connectivity index (χ0) is 13.5.